The quantitative estimate of drug-likeness (QED) is 0.0623. The summed E-state index contributed by atoms with van der Waals surface area (Å²) in [5, 5.41) is 6.29. The van der Waals surface area contributed by atoms with Crippen molar-refractivity contribution in [1.29, 1.82) is 0 Å². The summed E-state index contributed by atoms with van der Waals surface area (Å²) in [7, 11) is 3.71. The minimum atomic E-state index is -1.20. The molecule has 2 saturated carbocycles. The molecular weight excluding hydrogens is 863 g/mol. The zero-order valence-electron chi connectivity index (χ0n) is 39.9. The zero-order chi connectivity index (χ0) is 47.1. The Labute approximate surface area is 402 Å². The van der Waals surface area contributed by atoms with Crippen LogP contribution < -0.4 is 10.6 Å². The van der Waals surface area contributed by atoms with Crippen molar-refractivity contribution >= 4 is 47.3 Å². The number of thioether (sulfide) groups is 2. The maximum atomic E-state index is 14.6. The summed E-state index contributed by atoms with van der Waals surface area (Å²) in [5.74, 6) is 1.28. The average molecular weight is 934 g/mol. The maximum Gasteiger partial charge on any atom is 0.407 e. The third-order valence-corrected chi connectivity index (χ3v) is 15.7. The molecule has 11 heteroatoms. The second-order valence-electron chi connectivity index (χ2n) is 18.9. The molecule has 0 bridgehead atoms. The molecule has 3 atom stereocenters. The number of benzene rings is 4. The molecule has 66 heavy (non-hydrogen) atoms. The highest BCUT2D eigenvalue weighted by Crippen LogP contribution is 2.39. The molecule has 4 aromatic rings. The fourth-order valence-electron chi connectivity index (χ4n) is 10.4. The molecule has 2 amide bonds. The van der Waals surface area contributed by atoms with Gasteiger partial charge in [0.05, 0.1) is 5.41 Å². The number of hydrogen-bond donors (Lipinski definition) is 2. The van der Waals surface area contributed by atoms with Gasteiger partial charge in [-0.2, -0.15) is 0 Å². The Morgan fingerprint density at radius 2 is 1.06 bits per heavy atom. The summed E-state index contributed by atoms with van der Waals surface area (Å²) in [6.07, 6.45) is 14.5. The van der Waals surface area contributed by atoms with E-state index in [1.807, 2.05) is 141 Å². The summed E-state index contributed by atoms with van der Waals surface area (Å²) in [4.78, 5) is 59.8. The van der Waals surface area contributed by atoms with Gasteiger partial charge in [0, 0.05) is 33.0 Å². The van der Waals surface area contributed by atoms with E-state index in [1.54, 1.807) is 23.5 Å². The van der Waals surface area contributed by atoms with Gasteiger partial charge in [-0.3, -0.25) is 14.5 Å². The Morgan fingerprint density at radius 1 is 0.621 bits per heavy atom. The molecule has 2 N–H and O–H groups in total. The highest BCUT2D eigenvalue weighted by molar-refractivity contribution is 7.98. The zero-order valence-corrected chi connectivity index (χ0v) is 41.5. The van der Waals surface area contributed by atoms with E-state index in [0.29, 0.717) is 29.4 Å². The van der Waals surface area contributed by atoms with Crippen LogP contribution in [0.1, 0.15) is 123 Å². The van der Waals surface area contributed by atoms with Crippen molar-refractivity contribution in [2.24, 2.45) is 17.8 Å². The first kappa shape index (κ1) is 50.8. The minimum absolute atomic E-state index is 0.0192. The van der Waals surface area contributed by atoms with Crippen molar-refractivity contribution in [3.05, 3.63) is 131 Å². The standard InChI is InChI=1S/C55H71N3O6S2/c1-7-14-39(2)36-54(44-15-10-8-11-16-44,50(59)42-23-31-48(65-5)32-24-42)37-63-52(61)56-46-27-19-40(20-28-46)35-41-21-29-47(30-22-41)57-53(62)64-38-55(58(3)4,45-17-12-9-13-18-45)51(60)43-25-33-49(66-6)34-26-43/h8-13,15-18,23-26,31-34,39-41,46-47H,7,14,19-22,27-30,35-38H2,1-6H3,(H,56,61)(H,57,62). The van der Waals surface area contributed by atoms with Gasteiger partial charge >= 0.3 is 12.2 Å². The van der Waals surface area contributed by atoms with E-state index in [4.69, 9.17) is 9.47 Å². The minimum Gasteiger partial charge on any atom is -0.448 e. The summed E-state index contributed by atoms with van der Waals surface area (Å²) in [6.45, 7) is 4.20. The number of carbonyl (C=O) groups is 4. The monoisotopic (exact) mass is 933 g/mol. The molecule has 2 fully saturated rings. The molecule has 0 saturated heterocycles. The van der Waals surface area contributed by atoms with Crippen LogP contribution in [-0.4, -0.2) is 80.6 Å². The van der Waals surface area contributed by atoms with Gasteiger partial charge in [-0.1, -0.05) is 112 Å². The van der Waals surface area contributed by atoms with Crippen LogP contribution in [0.2, 0.25) is 0 Å². The van der Waals surface area contributed by atoms with Crippen LogP contribution in [0.25, 0.3) is 0 Å². The van der Waals surface area contributed by atoms with Crippen molar-refractivity contribution in [2.45, 2.75) is 124 Å². The van der Waals surface area contributed by atoms with Crippen LogP contribution in [0.4, 0.5) is 9.59 Å². The highest BCUT2D eigenvalue weighted by Gasteiger charge is 2.45. The predicted molar refractivity (Wildman–Crippen MR) is 269 cm³/mol. The molecule has 3 unspecified atom stereocenters. The summed E-state index contributed by atoms with van der Waals surface area (Å²) < 4.78 is 12.0. The fourth-order valence-corrected chi connectivity index (χ4v) is 11.2. The SMILES string of the molecule is CCCC(C)CC(COC(=O)NC1CCC(CC2CCC(NC(=O)OCC(C(=O)c3ccc(SC)cc3)(c3ccccc3)N(C)C)CC2)CC1)(C(=O)c1ccc(SC)cc1)c1ccccc1. The van der Waals surface area contributed by atoms with Crippen molar-refractivity contribution in [3.8, 4) is 0 Å². The third-order valence-electron chi connectivity index (χ3n) is 14.2. The molecule has 2 aliphatic carbocycles. The number of Topliss-reactive ketones (excluding diaryl/α,β-unsaturated/α-hetero) is 2. The van der Waals surface area contributed by atoms with E-state index in [9.17, 15) is 19.2 Å². The van der Waals surface area contributed by atoms with Crippen molar-refractivity contribution < 1.29 is 28.7 Å². The fraction of sp³-hybridized carbons (Fsp3) is 0.491. The van der Waals surface area contributed by atoms with Gasteiger partial charge in [-0.25, -0.2) is 9.59 Å². The first-order chi connectivity index (χ1) is 31.9. The molecule has 4 aromatic carbocycles. The van der Waals surface area contributed by atoms with E-state index >= 15 is 0 Å². The number of ketones is 2. The molecule has 6 rings (SSSR count). The molecule has 0 aliphatic heterocycles. The van der Waals surface area contributed by atoms with E-state index in [2.05, 4.69) is 24.5 Å². The summed E-state index contributed by atoms with van der Waals surface area (Å²) in [6, 6.07) is 34.8. The molecule has 0 radical (unpaired) electrons. The number of hydrogen-bond acceptors (Lipinski definition) is 9. The number of amides is 2. The van der Waals surface area contributed by atoms with Gasteiger partial charge in [0.2, 0.25) is 0 Å². The summed E-state index contributed by atoms with van der Waals surface area (Å²) in [5.41, 5.74) is 0.612. The number of nitrogens with zero attached hydrogens (tertiary/aromatic N) is 1. The van der Waals surface area contributed by atoms with Gasteiger partial charge < -0.3 is 20.1 Å². The van der Waals surface area contributed by atoms with Crippen LogP contribution in [0.5, 0.6) is 0 Å². The maximum absolute atomic E-state index is 14.6. The van der Waals surface area contributed by atoms with E-state index in [0.717, 1.165) is 91.5 Å². The summed E-state index contributed by atoms with van der Waals surface area (Å²) >= 11 is 3.26. The smallest absolute Gasteiger partial charge is 0.407 e. The third kappa shape index (κ3) is 12.9. The van der Waals surface area contributed by atoms with Crippen molar-refractivity contribution in [3.63, 3.8) is 0 Å². The van der Waals surface area contributed by atoms with Crippen molar-refractivity contribution in [1.82, 2.24) is 15.5 Å². The van der Waals surface area contributed by atoms with Crippen molar-refractivity contribution in [2.75, 3.05) is 39.8 Å². The van der Waals surface area contributed by atoms with E-state index < -0.39 is 23.1 Å². The molecule has 0 spiro atoms. The Hall–Kier alpha value is -4.58. The largest absolute Gasteiger partial charge is 0.448 e. The Bertz CT molecular complexity index is 2160. The molecule has 0 heterocycles. The van der Waals surface area contributed by atoms with Gasteiger partial charge in [0.25, 0.3) is 0 Å². The van der Waals surface area contributed by atoms with Gasteiger partial charge in [-0.05, 0) is 144 Å². The molecule has 354 valence electrons. The number of alkyl carbamates (subject to hydrolysis) is 2. The first-order valence-electron chi connectivity index (χ1n) is 23.9. The highest BCUT2D eigenvalue weighted by atomic mass is 32.2. The molecular formula is C55H71N3O6S2. The predicted octanol–water partition coefficient (Wildman–Crippen LogP) is 12.4. The normalized spacial score (nSPS) is 20.8. The number of rotatable bonds is 21. The lowest BCUT2D eigenvalue weighted by Gasteiger charge is -2.38. The van der Waals surface area contributed by atoms with E-state index in [1.165, 1.54) is 0 Å². The Morgan fingerprint density at radius 3 is 1.50 bits per heavy atom. The number of nitrogens with one attached hydrogen (secondary N) is 2. The van der Waals surface area contributed by atoms with E-state index in [-0.39, 0.29) is 42.8 Å². The molecule has 2 aliphatic rings. The Balaban J connectivity index is 0.977. The Kier molecular flexibility index (Phi) is 18.8. The second-order valence-corrected chi connectivity index (χ2v) is 20.7. The lowest BCUT2D eigenvalue weighted by atomic mass is 9.69. The topological polar surface area (TPSA) is 114 Å². The number of carbonyl (C=O) groups excluding carboxylic acids is 4. The molecule has 9 nitrogen and oxygen atoms in total. The van der Waals surface area contributed by atoms with Gasteiger partial charge in [0.15, 0.2) is 11.6 Å². The number of likely N-dealkylation sites (N-methyl/N-ethyl adjacent to an activating group) is 1. The van der Waals surface area contributed by atoms with Crippen LogP contribution in [-0.2, 0) is 20.4 Å². The average Bonchev–Trinajstić information content (AvgIpc) is 3.34. The van der Waals surface area contributed by atoms with Gasteiger partial charge in [0.1, 0.15) is 18.8 Å². The lowest BCUT2D eigenvalue weighted by molar-refractivity contribution is 0.0358. The lowest BCUT2D eigenvalue weighted by Crippen LogP contribution is -2.53. The first-order valence-corrected chi connectivity index (χ1v) is 26.4. The number of ether oxygens (including phenoxy) is 2. The second kappa shape index (κ2) is 24.4. The molecule has 0 aromatic heterocycles. The van der Waals surface area contributed by atoms with Gasteiger partial charge in [-0.15, -0.1) is 23.5 Å². The van der Waals surface area contributed by atoms with Crippen LogP contribution in [0.3, 0.4) is 0 Å². The van der Waals surface area contributed by atoms with Crippen LogP contribution >= 0.6 is 23.5 Å². The van der Waals surface area contributed by atoms with Crippen LogP contribution in [0, 0.1) is 17.8 Å². The van der Waals surface area contributed by atoms with Crippen LogP contribution in [0.15, 0.2) is 119 Å².